The molecule has 0 saturated carbocycles. The largest absolute Gasteiger partial charge is 0.392 e. The molecule has 21 heavy (non-hydrogen) atoms. The minimum atomic E-state index is -0.692. The van der Waals surface area contributed by atoms with Crippen LogP contribution in [-0.2, 0) is 6.61 Å². The number of hydrogen-bond donors (Lipinski definition) is 1. The number of aliphatic hydroxyl groups is 1. The van der Waals surface area contributed by atoms with Gasteiger partial charge < -0.3 is 10.0 Å². The van der Waals surface area contributed by atoms with E-state index in [0.717, 1.165) is 17.7 Å². The average molecular weight is 312 g/mol. The predicted octanol–water partition coefficient (Wildman–Crippen LogP) is 4.31. The maximum absolute atomic E-state index is 14.1. The van der Waals surface area contributed by atoms with E-state index >= 15 is 0 Å². The van der Waals surface area contributed by atoms with Crippen molar-refractivity contribution in [1.29, 1.82) is 0 Å². The molecule has 5 heteroatoms. The molecule has 0 aromatic heterocycles. The molecule has 1 atom stereocenters. The summed E-state index contributed by atoms with van der Waals surface area (Å²) in [5.41, 5.74) is 0.989. The highest BCUT2D eigenvalue weighted by atomic mass is 35.5. The molecular weight excluding hydrogens is 296 g/mol. The number of nitrogens with zero attached hydrogens (tertiary/aromatic N) is 1. The van der Waals surface area contributed by atoms with Gasteiger partial charge in [-0.3, -0.25) is 0 Å². The van der Waals surface area contributed by atoms with Crippen LogP contribution in [0.2, 0.25) is 5.02 Å². The number of anilines is 1. The molecule has 112 valence electrons. The van der Waals surface area contributed by atoms with Crippen molar-refractivity contribution in [2.45, 2.75) is 19.6 Å². The summed E-state index contributed by atoms with van der Waals surface area (Å²) in [5, 5.41) is 9.58. The lowest BCUT2D eigenvalue weighted by molar-refractivity contribution is 0.280. The first kappa shape index (κ1) is 15.7. The fourth-order valence-corrected chi connectivity index (χ4v) is 2.33. The van der Waals surface area contributed by atoms with E-state index in [4.69, 9.17) is 16.7 Å². The van der Waals surface area contributed by atoms with E-state index in [9.17, 15) is 8.78 Å². The first-order chi connectivity index (χ1) is 9.93. The molecule has 0 aliphatic heterocycles. The number of rotatable bonds is 4. The SMILES string of the molecule is CC(c1ccc(Cl)cc1)N(C)c1c(F)cc(CO)cc1F. The van der Waals surface area contributed by atoms with Crippen LogP contribution in [0, 0.1) is 11.6 Å². The molecule has 2 rings (SSSR count). The normalized spacial score (nSPS) is 12.3. The Morgan fingerprint density at radius 1 is 1.14 bits per heavy atom. The van der Waals surface area contributed by atoms with Crippen molar-refractivity contribution < 1.29 is 13.9 Å². The van der Waals surface area contributed by atoms with Gasteiger partial charge >= 0.3 is 0 Å². The van der Waals surface area contributed by atoms with Crippen molar-refractivity contribution in [3.8, 4) is 0 Å². The van der Waals surface area contributed by atoms with Crippen LogP contribution in [-0.4, -0.2) is 12.2 Å². The van der Waals surface area contributed by atoms with Crippen molar-refractivity contribution in [3.63, 3.8) is 0 Å². The van der Waals surface area contributed by atoms with Gasteiger partial charge in [0.2, 0.25) is 0 Å². The van der Waals surface area contributed by atoms with Crippen LogP contribution in [0.15, 0.2) is 36.4 Å². The maximum atomic E-state index is 14.1. The molecule has 0 radical (unpaired) electrons. The topological polar surface area (TPSA) is 23.5 Å². The lowest BCUT2D eigenvalue weighted by atomic mass is 10.1. The Balaban J connectivity index is 2.35. The van der Waals surface area contributed by atoms with Gasteiger partial charge in [0, 0.05) is 12.1 Å². The smallest absolute Gasteiger partial charge is 0.149 e. The van der Waals surface area contributed by atoms with E-state index in [1.54, 1.807) is 19.2 Å². The van der Waals surface area contributed by atoms with Crippen LogP contribution in [0.4, 0.5) is 14.5 Å². The zero-order chi connectivity index (χ0) is 15.6. The van der Waals surface area contributed by atoms with Crippen LogP contribution >= 0.6 is 11.6 Å². The van der Waals surface area contributed by atoms with E-state index in [2.05, 4.69) is 0 Å². The highest BCUT2D eigenvalue weighted by Gasteiger charge is 2.20. The Morgan fingerprint density at radius 2 is 1.67 bits per heavy atom. The Morgan fingerprint density at radius 3 is 2.14 bits per heavy atom. The second-order valence-electron chi connectivity index (χ2n) is 4.90. The monoisotopic (exact) mass is 311 g/mol. The fourth-order valence-electron chi connectivity index (χ4n) is 2.20. The first-order valence-electron chi connectivity index (χ1n) is 6.51. The lowest BCUT2D eigenvalue weighted by Crippen LogP contribution is -2.24. The van der Waals surface area contributed by atoms with E-state index in [0.29, 0.717) is 5.02 Å². The molecule has 2 aromatic rings. The van der Waals surface area contributed by atoms with Crippen LogP contribution < -0.4 is 4.90 Å². The van der Waals surface area contributed by atoms with Crippen LogP contribution in [0.5, 0.6) is 0 Å². The van der Waals surface area contributed by atoms with E-state index < -0.39 is 18.2 Å². The van der Waals surface area contributed by atoms with Gasteiger partial charge in [-0.2, -0.15) is 0 Å². The Bertz CT molecular complexity index is 608. The molecule has 0 spiro atoms. The third kappa shape index (κ3) is 3.34. The molecule has 0 aliphatic rings. The minimum absolute atomic E-state index is 0.116. The van der Waals surface area contributed by atoms with E-state index in [1.807, 2.05) is 19.1 Å². The molecule has 2 nitrogen and oxygen atoms in total. The molecule has 1 N–H and O–H groups in total. The van der Waals surface area contributed by atoms with Gasteiger partial charge in [-0.05, 0) is 42.3 Å². The Labute approximate surface area is 127 Å². The highest BCUT2D eigenvalue weighted by molar-refractivity contribution is 6.30. The van der Waals surface area contributed by atoms with E-state index in [-0.39, 0.29) is 17.3 Å². The molecule has 0 saturated heterocycles. The predicted molar refractivity (Wildman–Crippen MR) is 80.6 cm³/mol. The summed E-state index contributed by atoms with van der Waals surface area (Å²) >= 11 is 5.84. The fraction of sp³-hybridized carbons (Fsp3) is 0.250. The average Bonchev–Trinajstić information content (AvgIpc) is 2.46. The molecule has 0 fully saturated rings. The summed E-state index contributed by atoms with van der Waals surface area (Å²) < 4.78 is 28.1. The summed E-state index contributed by atoms with van der Waals surface area (Å²) in [4.78, 5) is 1.52. The number of benzene rings is 2. The standard InChI is InChI=1S/C16H16ClF2NO/c1-10(12-3-5-13(17)6-4-12)20(2)16-14(18)7-11(9-21)8-15(16)19/h3-8,10,21H,9H2,1-2H3. The quantitative estimate of drug-likeness (QED) is 0.909. The molecule has 2 aromatic carbocycles. The van der Waals surface area contributed by atoms with Crippen molar-refractivity contribution in [2.24, 2.45) is 0 Å². The molecule has 0 bridgehead atoms. The molecular formula is C16H16ClF2NO. The zero-order valence-corrected chi connectivity index (χ0v) is 12.5. The third-order valence-corrected chi connectivity index (χ3v) is 3.80. The Hall–Kier alpha value is -1.65. The minimum Gasteiger partial charge on any atom is -0.392 e. The van der Waals surface area contributed by atoms with E-state index in [1.165, 1.54) is 4.90 Å². The van der Waals surface area contributed by atoms with Crippen molar-refractivity contribution in [2.75, 3.05) is 11.9 Å². The molecule has 0 amide bonds. The number of hydrogen-bond acceptors (Lipinski definition) is 2. The molecule has 1 unspecified atom stereocenters. The summed E-state index contributed by atoms with van der Waals surface area (Å²) in [5.74, 6) is -1.38. The zero-order valence-electron chi connectivity index (χ0n) is 11.8. The van der Waals surface area contributed by atoms with Gasteiger partial charge in [-0.25, -0.2) is 8.78 Å². The molecule has 0 aliphatic carbocycles. The molecule has 0 heterocycles. The summed E-state index contributed by atoms with van der Waals surface area (Å²) in [7, 11) is 1.62. The second kappa shape index (κ2) is 6.41. The van der Waals surface area contributed by atoms with Gasteiger partial charge in [0.1, 0.15) is 17.3 Å². The second-order valence-corrected chi connectivity index (χ2v) is 5.34. The van der Waals surface area contributed by atoms with Crippen molar-refractivity contribution >= 4 is 17.3 Å². The van der Waals surface area contributed by atoms with Gasteiger partial charge in [0.05, 0.1) is 12.6 Å². The first-order valence-corrected chi connectivity index (χ1v) is 6.89. The summed E-state index contributed by atoms with van der Waals surface area (Å²) in [6, 6.07) is 9.17. The van der Waals surface area contributed by atoms with Gasteiger partial charge in [0.25, 0.3) is 0 Å². The lowest BCUT2D eigenvalue weighted by Gasteiger charge is -2.28. The maximum Gasteiger partial charge on any atom is 0.149 e. The number of halogens is 3. The van der Waals surface area contributed by atoms with Crippen molar-refractivity contribution in [1.82, 2.24) is 0 Å². The highest BCUT2D eigenvalue weighted by Crippen LogP contribution is 2.31. The third-order valence-electron chi connectivity index (χ3n) is 3.55. The van der Waals surface area contributed by atoms with Crippen LogP contribution in [0.25, 0.3) is 0 Å². The van der Waals surface area contributed by atoms with Gasteiger partial charge in [0.15, 0.2) is 0 Å². The summed E-state index contributed by atoms with van der Waals surface area (Å²) in [6.07, 6.45) is 0. The van der Waals surface area contributed by atoms with Gasteiger partial charge in [-0.1, -0.05) is 23.7 Å². The van der Waals surface area contributed by atoms with Crippen LogP contribution in [0.3, 0.4) is 0 Å². The van der Waals surface area contributed by atoms with Gasteiger partial charge in [-0.15, -0.1) is 0 Å². The Kier molecular flexibility index (Phi) is 4.80. The van der Waals surface area contributed by atoms with Crippen LogP contribution in [0.1, 0.15) is 24.1 Å². The number of aliphatic hydroxyl groups excluding tert-OH is 1. The van der Waals surface area contributed by atoms with Crippen molar-refractivity contribution in [3.05, 3.63) is 64.2 Å². The summed E-state index contributed by atoms with van der Waals surface area (Å²) in [6.45, 7) is 1.45.